The van der Waals surface area contributed by atoms with Gasteiger partial charge in [-0.3, -0.25) is 29.4 Å². The summed E-state index contributed by atoms with van der Waals surface area (Å²) in [5.74, 6) is -2.86. The molecule has 9 nitrogen and oxygen atoms in total. The fraction of sp³-hybridized carbons (Fsp3) is 0.375. The van der Waals surface area contributed by atoms with Crippen molar-refractivity contribution in [1.82, 2.24) is 4.90 Å². The molecule has 2 aromatic carbocycles. The molecule has 34 heavy (non-hydrogen) atoms. The lowest BCUT2D eigenvalue weighted by Gasteiger charge is -2.36. The number of imide groups is 1. The first-order valence-corrected chi connectivity index (χ1v) is 11.6. The van der Waals surface area contributed by atoms with Crippen LogP contribution in [0.5, 0.6) is 0 Å². The second kappa shape index (κ2) is 6.86. The molecule has 1 N–H and O–H groups in total. The fourth-order valence-corrected chi connectivity index (χ4v) is 6.74. The molecule has 0 aliphatic carbocycles. The predicted octanol–water partition coefficient (Wildman–Crippen LogP) is 3.30. The number of amides is 3. The largest absolute Gasteiger partial charge is 0.324 e. The summed E-state index contributed by atoms with van der Waals surface area (Å²) in [4.78, 5) is 55.5. The molecule has 6 rings (SSSR count). The minimum absolute atomic E-state index is 0.198. The Morgan fingerprint density at radius 2 is 1.91 bits per heavy atom. The number of nitrogens with one attached hydrogen (secondary N) is 1. The van der Waals surface area contributed by atoms with Crippen LogP contribution < -0.4 is 10.2 Å². The molecule has 0 saturated carbocycles. The molecular weight excluding hydrogens is 460 g/mol. The average molecular weight is 481 g/mol. The molecule has 1 spiro atoms. The van der Waals surface area contributed by atoms with Gasteiger partial charge in [0.15, 0.2) is 0 Å². The molecular formula is C24H21ClN4O5. The van der Waals surface area contributed by atoms with Crippen molar-refractivity contribution < 1.29 is 19.3 Å². The first-order valence-electron chi connectivity index (χ1n) is 11.2. The monoisotopic (exact) mass is 480 g/mol. The summed E-state index contributed by atoms with van der Waals surface area (Å²) in [6.07, 6.45) is 1.50. The van der Waals surface area contributed by atoms with Gasteiger partial charge in [-0.2, -0.15) is 0 Å². The maximum atomic E-state index is 14.0. The molecule has 4 heterocycles. The number of fused-ring (bicyclic) bond motifs is 7. The van der Waals surface area contributed by atoms with Crippen molar-refractivity contribution in [2.24, 2.45) is 11.8 Å². The summed E-state index contributed by atoms with van der Waals surface area (Å²) in [6.45, 7) is 4.12. The first kappa shape index (κ1) is 21.2. The van der Waals surface area contributed by atoms with Crippen LogP contribution in [0.25, 0.3) is 0 Å². The molecule has 4 atom stereocenters. The van der Waals surface area contributed by atoms with E-state index in [1.807, 2.05) is 11.8 Å². The maximum absolute atomic E-state index is 14.0. The summed E-state index contributed by atoms with van der Waals surface area (Å²) < 4.78 is 0. The zero-order valence-electron chi connectivity index (χ0n) is 18.5. The Morgan fingerprint density at radius 1 is 1.15 bits per heavy atom. The molecule has 0 bridgehead atoms. The van der Waals surface area contributed by atoms with Crippen LogP contribution in [0.3, 0.4) is 0 Å². The summed E-state index contributed by atoms with van der Waals surface area (Å²) in [5, 5.41) is 14.8. The molecule has 174 valence electrons. The number of nitro groups is 1. The molecule has 10 heteroatoms. The smallest absolute Gasteiger partial charge is 0.271 e. The number of carbonyl (C=O) groups excluding carboxylic acids is 3. The second-order valence-corrected chi connectivity index (χ2v) is 9.87. The Kier molecular flexibility index (Phi) is 4.29. The van der Waals surface area contributed by atoms with Crippen molar-refractivity contribution in [3.05, 3.63) is 62.2 Å². The maximum Gasteiger partial charge on any atom is 0.271 e. The van der Waals surface area contributed by atoms with E-state index < -0.39 is 34.1 Å². The second-order valence-electron chi connectivity index (χ2n) is 9.46. The number of nitrogens with zero attached hydrogens (tertiary/aromatic N) is 3. The highest BCUT2D eigenvalue weighted by Crippen LogP contribution is 2.61. The van der Waals surface area contributed by atoms with Crippen molar-refractivity contribution >= 4 is 46.4 Å². The van der Waals surface area contributed by atoms with Gasteiger partial charge < -0.3 is 5.32 Å². The summed E-state index contributed by atoms with van der Waals surface area (Å²) >= 11 is 6.32. The summed E-state index contributed by atoms with van der Waals surface area (Å²) in [7, 11) is 0. The SMILES string of the molecule is Cc1ccc([N+](=O)[O-])cc1N1C(=O)[C@H]2[C@H]3CCCN3[C@@]3(C(=O)Nc4c3ccc(Cl)c4C)[C@@H]2C1=O. The Hall–Kier alpha value is -3.30. The molecule has 3 fully saturated rings. The Balaban J connectivity index is 1.56. The van der Waals surface area contributed by atoms with Crippen LogP contribution in [0.15, 0.2) is 30.3 Å². The topological polar surface area (TPSA) is 113 Å². The van der Waals surface area contributed by atoms with Gasteiger partial charge in [-0.1, -0.05) is 23.7 Å². The van der Waals surface area contributed by atoms with Gasteiger partial charge in [-0.05, 0) is 50.4 Å². The quantitative estimate of drug-likeness (QED) is 0.401. The van der Waals surface area contributed by atoms with Crippen molar-refractivity contribution in [2.75, 3.05) is 16.8 Å². The number of benzene rings is 2. The van der Waals surface area contributed by atoms with Gasteiger partial charge in [-0.15, -0.1) is 0 Å². The van der Waals surface area contributed by atoms with Gasteiger partial charge in [0.25, 0.3) is 5.69 Å². The van der Waals surface area contributed by atoms with E-state index in [9.17, 15) is 24.5 Å². The molecule has 3 saturated heterocycles. The number of nitro benzene ring substituents is 1. The lowest BCUT2D eigenvalue weighted by Crippen LogP contribution is -2.54. The van der Waals surface area contributed by atoms with Crippen molar-refractivity contribution in [2.45, 2.75) is 38.3 Å². The highest BCUT2D eigenvalue weighted by molar-refractivity contribution is 6.32. The van der Waals surface area contributed by atoms with Crippen LogP contribution in [0.4, 0.5) is 17.1 Å². The number of carbonyl (C=O) groups is 3. The summed E-state index contributed by atoms with van der Waals surface area (Å²) in [5.41, 5.74) is 1.22. The number of non-ortho nitro benzene ring substituents is 1. The number of aryl methyl sites for hydroxylation is 1. The van der Waals surface area contributed by atoms with Gasteiger partial charge in [0.2, 0.25) is 17.7 Å². The van der Waals surface area contributed by atoms with Gasteiger partial charge in [0, 0.05) is 28.8 Å². The molecule has 0 unspecified atom stereocenters. The van der Waals surface area contributed by atoms with E-state index in [-0.39, 0.29) is 23.3 Å². The lowest BCUT2D eigenvalue weighted by atomic mass is 9.75. The lowest BCUT2D eigenvalue weighted by molar-refractivity contribution is -0.384. The van der Waals surface area contributed by atoms with Crippen LogP contribution in [0.1, 0.15) is 29.5 Å². The van der Waals surface area contributed by atoms with Crippen LogP contribution in [0, 0.1) is 35.8 Å². The number of hydrogen-bond acceptors (Lipinski definition) is 6. The number of hydrogen-bond donors (Lipinski definition) is 1. The standard InChI is InChI=1S/C24H21ClN4O5/c1-11-5-6-13(29(33)34)10-17(11)28-21(30)18-16-4-3-9-27(16)24(19(18)22(28)31)14-7-8-15(25)12(2)20(14)26-23(24)32/h5-8,10,16,18-19H,3-4,9H2,1-2H3,(H,26,32)/t16-,18+,19+,24-/m1/s1. The van der Waals surface area contributed by atoms with E-state index in [0.29, 0.717) is 40.4 Å². The zero-order chi connectivity index (χ0) is 24.1. The van der Waals surface area contributed by atoms with Gasteiger partial charge in [0.05, 0.1) is 28.1 Å². The third kappa shape index (κ3) is 2.35. The van der Waals surface area contributed by atoms with Gasteiger partial charge >= 0.3 is 0 Å². The van der Waals surface area contributed by atoms with E-state index in [1.54, 1.807) is 19.1 Å². The van der Waals surface area contributed by atoms with Gasteiger partial charge in [0.1, 0.15) is 5.54 Å². The van der Waals surface area contributed by atoms with Crippen molar-refractivity contribution in [3.8, 4) is 0 Å². The molecule has 0 radical (unpaired) electrons. The highest BCUT2D eigenvalue weighted by atomic mass is 35.5. The Labute approximate surface area is 199 Å². The van der Waals surface area contributed by atoms with E-state index in [2.05, 4.69) is 5.32 Å². The Bertz CT molecular complexity index is 1340. The van der Waals surface area contributed by atoms with Crippen LogP contribution >= 0.6 is 11.6 Å². The van der Waals surface area contributed by atoms with Crippen LogP contribution in [-0.4, -0.2) is 40.1 Å². The van der Waals surface area contributed by atoms with Crippen LogP contribution in [0.2, 0.25) is 5.02 Å². The molecule has 3 amide bonds. The van der Waals surface area contributed by atoms with E-state index in [0.717, 1.165) is 11.3 Å². The van der Waals surface area contributed by atoms with Crippen molar-refractivity contribution in [3.63, 3.8) is 0 Å². The minimum atomic E-state index is -1.31. The average Bonchev–Trinajstić information content (AvgIpc) is 3.50. The summed E-state index contributed by atoms with van der Waals surface area (Å²) in [6, 6.07) is 7.37. The van der Waals surface area contributed by atoms with Crippen LogP contribution in [-0.2, 0) is 19.9 Å². The normalized spacial score (nSPS) is 29.6. The molecule has 4 aliphatic heterocycles. The Morgan fingerprint density at radius 3 is 2.65 bits per heavy atom. The van der Waals surface area contributed by atoms with Crippen molar-refractivity contribution in [1.29, 1.82) is 0 Å². The first-order chi connectivity index (χ1) is 16.2. The predicted molar refractivity (Wildman–Crippen MR) is 124 cm³/mol. The minimum Gasteiger partial charge on any atom is -0.324 e. The highest BCUT2D eigenvalue weighted by Gasteiger charge is 2.74. The molecule has 0 aromatic heterocycles. The van der Waals surface area contributed by atoms with E-state index in [4.69, 9.17) is 11.6 Å². The number of halogens is 1. The zero-order valence-corrected chi connectivity index (χ0v) is 19.3. The third-order valence-corrected chi connectivity index (χ3v) is 8.42. The molecule has 4 aliphatic rings. The van der Waals surface area contributed by atoms with E-state index >= 15 is 0 Å². The third-order valence-electron chi connectivity index (χ3n) is 8.01. The van der Waals surface area contributed by atoms with Gasteiger partial charge in [-0.25, -0.2) is 4.90 Å². The van der Waals surface area contributed by atoms with E-state index in [1.165, 1.54) is 18.2 Å². The number of anilines is 2. The fourth-order valence-electron chi connectivity index (χ4n) is 6.58. The number of rotatable bonds is 2. The molecule has 2 aromatic rings.